The fraction of sp³-hybridized carbons (Fsp3) is 0.638. The van der Waals surface area contributed by atoms with E-state index in [-0.39, 0.29) is 35.7 Å². The molecule has 0 N–H and O–H groups in total. The van der Waals surface area contributed by atoms with Gasteiger partial charge in [0, 0.05) is 23.3 Å². The largest absolute Gasteiger partial charge is 0.497 e. The first-order chi connectivity index (χ1) is 27.0. The molecule has 2 aliphatic carbocycles. The highest BCUT2D eigenvalue weighted by molar-refractivity contribution is 6.74. The molecule has 9 nitrogen and oxygen atoms in total. The number of carbonyl (C=O) groups is 3. The van der Waals surface area contributed by atoms with Crippen LogP contribution in [0.4, 0.5) is 0 Å². The summed E-state index contributed by atoms with van der Waals surface area (Å²) in [6, 6.07) is 7.76. The fourth-order valence-electron chi connectivity index (χ4n) is 8.62. The van der Waals surface area contributed by atoms with E-state index in [9.17, 15) is 14.4 Å². The maximum absolute atomic E-state index is 14.4. The standard InChI is InChI=1S/C47H68O9Si/c1-11-13-15-16-17-19-20-33-26-37-42(52-29-32-22-24-34(51-8)25-23-32)40(35(33)27-39(38(48)21-18-14-12-2)56-57(9,10)45(3,4)5)41-36(43(49)55-44(41)50)28-47(37)30-53-46(6,7)54-31-47/h11-14,22-26,33,35,39-40,42H,15-21,27-31H2,1-10H3/b13-11+,14-12+/t33-,35+,39-,40+,42+/m1/s1. The van der Waals surface area contributed by atoms with Crippen molar-refractivity contribution in [3.8, 4) is 5.75 Å². The zero-order valence-corrected chi connectivity index (χ0v) is 37.2. The minimum absolute atomic E-state index is 0.0384. The molecule has 314 valence electrons. The Balaban J connectivity index is 1.67. The van der Waals surface area contributed by atoms with Crippen LogP contribution in [0.1, 0.15) is 112 Å². The number of benzene rings is 1. The lowest BCUT2D eigenvalue weighted by Crippen LogP contribution is -2.53. The Bertz CT molecular complexity index is 1700. The molecule has 10 heteroatoms. The van der Waals surface area contributed by atoms with Gasteiger partial charge in [-0.1, -0.05) is 76.1 Å². The second kappa shape index (κ2) is 18.8. The van der Waals surface area contributed by atoms with Crippen LogP contribution < -0.4 is 4.74 Å². The monoisotopic (exact) mass is 804 g/mol. The smallest absolute Gasteiger partial charge is 0.342 e. The molecule has 2 aliphatic heterocycles. The van der Waals surface area contributed by atoms with Crippen LogP contribution in [0.15, 0.2) is 71.4 Å². The summed E-state index contributed by atoms with van der Waals surface area (Å²) >= 11 is 0. The highest BCUT2D eigenvalue weighted by Gasteiger charge is 2.59. The van der Waals surface area contributed by atoms with Crippen molar-refractivity contribution in [3.05, 3.63) is 76.9 Å². The van der Waals surface area contributed by atoms with Crippen molar-refractivity contribution in [2.45, 2.75) is 149 Å². The summed E-state index contributed by atoms with van der Waals surface area (Å²) in [5.74, 6) is -2.10. The third kappa shape index (κ3) is 10.5. The predicted octanol–water partition coefficient (Wildman–Crippen LogP) is 10.2. The van der Waals surface area contributed by atoms with Crippen molar-refractivity contribution in [1.82, 2.24) is 0 Å². The van der Waals surface area contributed by atoms with Crippen molar-refractivity contribution < 1.29 is 42.5 Å². The van der Waals surface area contributed by atoms with Crippen LogP contribution in [0.5, 0.6) is 5.75 Å². The van der Waals surface area contributed by atoms with E-state index in [1.165, 1.54) is 0 Å². The molecule has 1 aromatic rings. The zero-order chi connectivity index (χ0) is 41.6. The molecule has 0 aromatic heterocycles. The number of rotatable bonds is 18. The number of ketones is 1. The van der Waals surface area contributed by atoms with E-state index >= 15 is 0 Å². The maximum Gasteiger partial charge on any atom is 0.342 e. The summed E-state index contributed by atoms with van der Waals surface area (Å²) < 4.78 is 37.9. The average Bonchev–Trinajstić information content (AvgIpc) is 3.38. The van der Waals surface area contributed by atoms with Gasteiger partial charge in [-0.25, -0.2) is 9.59 Å². The molecule has 1 fully saturated rings. The highest BCUT2D eigenvalue weighted by Crippen LogP contribution is 2.57. The second-order valence-corrected chi connectivity index (χ2v) is 23.2. The molecule has 2 heterocycles. The molecule has 0 radical (unpaired) electrons. The van der Waals surface area contributed by atoms with E-state index in [1.54, 1.807) is 7.11 Å². The Hall–Kier alpha value is -3.15. The SMILES string of the molecule is C/C=C/CCCCC[C@@H]1C=C2[C@H](OCc3ccc(OC)cc3)[C@H](C3=C(CC24COC(C)(C)OC4)C(=O)OC3=O)[C@H]1C[C@@H](O[Si](C)(C)C(C)(C)C)C(=O)CC/C=C/C. The van der Waals surface area contributed by atoms with Gasteiger partial charge >= 0.3 is 11.9 Å². The van der Waals surface area contributed by atoms with E-state index < -0.39 is 49.6 Å². The van der Waals surface area contributed by atoms with Gasteiger partial charge in [-0.15, -0.1) is 0 Å². The molecule has 0 saturated carbocycles. The van der Waals surface area contributed by atoms with Gasteiger partial charge in [-0.2, -0.15) is 0 Å². The topological polar surface area (TPSA) is 107 Å². The van der Waals surface area contributed by atoms with Gasteiger partial charge in [0.25, 0.3) is 0 Å². The van der Waals surface area contributed by atoms with Gasteiger partial charge in [0.1, 0.15) is 11.9 Å². The molecule has 5 rings (SSSR count). The number of fused-ring (bicyclic) bond motifs is 4. The lowest BCUT2D eigenvalue weighted by molar-refractivity contribution is -0.280. The molecule has 0 amide bonds. The van der Waals surface area contributed by atoms with Crippen LogP contribution in [0.3, 0.4) is 0 Å². The van der Waals surface area contributed by atoms with Crippen molar-refractivity contribution in [2.24, 2.45) is 23.2 Å². The third-order valence-corrected chi connectivity index (χ3v) is 17.5. The summed E-state index contributed by atoms with van der Waals surface area (Å²) in [5, 5.41) is -0.133. The Morgan fingerprint density at radius 1 is 0.965 bits per heavy atom. The number of carbonyl (C=O) groups excluding carboxylic acids is 3. The second-order valence-electron chi connectivity index (χ2n) is 18.4. The maximum atomic E-state index is 14.4. The molecule has 4 aliphatic rings. The third-order valence-electron chi connectivity index (χ3n) is 13.0. The van der Waals surface area contributed by atoms with E-state index in [0.717, 1.165) is 49.0 Å². The van der Waals surface area contributed by atoms with E-state index in [4.69, 9.17) is 28.1 Å². The minimum Gasteiger partial charge on any atom is -0.497 e. The Kier molecular flexibility index (Phi) is 14.8. The Morgan fingerprint density at radius 2 is 1.63 bits per heavy atom. The van der Waals surface area contributed by atoms with Crippen LogP contribution in [0.2, 0.25) is 18.1 Å². The molecule has 2 bridgehead atoms. The number of hydrogen-bond donors (Lipinski definition) is 0. The first-order valence-corrected chi connectivity index (χ1v) is 24.0. The molecule has 1 spiro atoms. The number of cyclic esters (lactones) is 2. The Labute approximate surface area is 342 Å². The first-order valence-electron chi connectivity index (χ1n) is 21.1. The number of Topliss-reactive ketones (excluding diaryl/α,β-unsaturated/α-hetero) is 1. The zero-order valence-electron chi connectivity index (χ0n) is 36.2. The number of unbranched alkanes of at least 4 members (excludes halogenated alkanes) is 3. The molecular formula is C47H68O9Si. The summed E-state index contributed by atoms with van der Waals surface area (Å²) in [6.07, 6.45) is 15.9. The number of allylic oxidation sites excluding steroid dienone is 5. The molecule has 1 saturated heterocycles. The molecule has 1 aromatic carbocycles. The van der Waals surface area contributed by atoms with Crippen LogP contribution in [0, 0.1) is 23.2 Å². The van der Waals surface area contributed by atoms with Crippen molar-refractivity contribution in [2.75, 3.05) is 20.3 Å². The van der Waals surface area contributed by atoms with E-state index in [2.05, 4.69) is 52.1 Å². The van der Waals surface area contributed by atoms with Gasteiger partial charge in [0.2, 0.25) is 0 Å². The molecule has 5 atom stereocenters. The van der Waals surface area contributed by atoms with Gasteiger partial charge in [-0.05, 0) is 119 Å². The van der Waals surface area contributed by atoms with Crippen molar-refractivity contribution >= 4 is 26.0 Å². The Morgan fingerprint density at radius 3 is 2.26 bits per heavy atom. The summed E-state index contributed by atoms with van der Waals surface area (Å²) in [4.78, 5) is 42.3. The summed E-state index contributed by atoms with van der Waals surface area (Å²) in [7, 11) is -0.806. The van der Waals surface area contributed by atoms with E-state index in [1.807, 2.05) is 64.1 Å². The summed E-state index contributed by atoms with van der Waals surface area (Å²) in [6.45, 7) is 19.6. The molecule has 57 heavy (non-hydrogen) atoms. The number of ether oxygens (including phenoxy) is 5. The lowest BCUT2D eigenvalue weighted by atomic mass is 9.62. The quantitative estimate of drug-likeness (QED) is 0.0471. The van der Waals surface area contributed by atoms with E-state index in [0.29, 0.717) is 43.6 Å². The van der Waals surface area contributed by atoms with Crippen LogP contribution in [-0.2, 0) is 44.4 Å². The highest BCUT2D eigenvalue weighted by atomic mass is 28.4. The van der Waals surface area contributed by atoms with Gasteiger partial charge < -0.3 is 28.1 Å². The molecule has 0 unspecified atom stereocenters. The first kappa shape index (κ1) is 44.9. The van der Waals surface area contributed by atoms with Gasteiger partial charge in [0.05, 0.1) is 38.6 Å². The number of hydrogen-bond acceptors (Lipinski definition) is 9. The minimum atomic E-state index is -2.44. The molecular weight excluding hydrogens is 737 g/mol. The van der Waals surface area contributed by atoms with Gasteiger partial charge in [-0.3, -0.25) is 4.79 Å². The normalized spacial score (nSPS) is 25.1. The van der Waals surface area contributed by atoms with Crippen LogP contribution >= 0.6 is 0 Å². The van der Waals surface area contributed by atoms with Crippen molar-refractivity contribution in [3.63, 3.8) is 0 Å². The number of methoxy groups -OCH3 is 1. The average molecular weight is 805 g/mol. The van der Waals surface area contributed by atoms with Crippen molar-refractivity contribution in [1.29, 1.82) is 0 Å². The van der Waals surface area contributed by atoms with Crippen LogP contribution in [0.25, 0.3) is 0 Å². The predicted molar refractivity (Wildman–Crippen MR) is 225 cm³/mol. The lowest BCUT2D eigenvalue weighted by Gasteiger charge is -2.50. The van der Waals surface area contributed by atoms with Crippen LogP contribution in [-0.4, -0.2) is 64.4 Å². The van der Waals surface area contributed by atoms with Gasteiger partial charge in [0.15, 0.2) is 19.9 Å². The number of esters is 2. The fourth-order valence-corrected chi connectivity index (χ4v) is 9.91. The summed E-state index contributed by atoms with van der Waals surface area (Å²) in [5.41, 5.74) is 1.92.